The molecule has 1 aromatic heterocycles. The van der Waals surface area contributed by atoms with Gasteiger partial charge in [0.15, 0.2) is 5.96 Å². The molecule has 0 spiro atoms. The first-order valence-electron chi connectivity index (χ1n) is 23.6. The number of nitrogens with one attached hydrogen (secondary N) is 8. The van der Waals surface area contributed by atoms with Crippen molar-refractivity contribution in [2.75, 3.05) is 6.54 Å². The van der Waals surface area contributed by atoms with Gasteiger partial charge in [0.2, 0.25) is 47.3 Å². The topological polar surface area (TPSA) is 444 Å². The second-order valence-corrected chi connectivity index (χ2v) is 18.7. The van der Waals surface area contributed by atoms with Crippen LogP contribution < -0.4 is 60.2 Å². The quantitative estimate of drug-likeness (QED) is 0.0201. The molecule has 0 aliphatic rings. The number of phenols is 1. The second-order valence-electron chi connectivity index (χ2n) is 18.7. The summed E-state index contributed by atoms with van der Waals surface area (Å²) in [6, 6.07) is -5.47. The number of imidazole rings is 1. The molecule has 0 fully saturated rings. The minimum atomic E-state index is -1.69. The van der Waals surface area contributed by atoms with Gasteiger partial charge < -0.3 is 80.5 Å². The minimum absolute atomic E-state index is 0.0111. The number of aliphatic hydroxyl groups is 1. The molecule has 2 rings (SSSR count). The Morgan fingerprint density at radius 3 is 1.61 bits per heavy atom. The van der Waals surface area contributed by atoms with Crippen LogP contribution in [0.3, 0.4) is 0 Å². The molecule has 72 heavy (non-hydrogen) atoms. The number of hydrogen-bond donors (Lipinski definition) is 15. The van der Waals surface area contributed by atoms with E-state index in [1.807, 2.05) is 0 Å². The number of H-pyrrole nitrogens is 1. The lowest BCUT2D eigenvalue weighted by Gasteiger charge is -2.30. The molecule has 8 amide bonds. The Kier molecular flexibility index (Phi) is 25.1. The fourth-order valence-electron chi connectivity index (χ4n) is 7.17. The van der Waals surface area contributed by atoms with Gasteiger partial charge in [0.1, 0.15) is 48.0 Å². The van der Waals surface area contributed by atoms with E-state index in [1.165, 1.54) is 31.6 Å². The normalized spacial score (nSPS) is 15.0. The van der Waals surface area contributed by atoms with Crippen molar-refractivity contribution in [1.82, 2.24) is 47.2 Å². The van der Waals surface area contributed by atoms with Crippen molar-refractivity contribution in [3.63, 3.8) is 0 Å². The van der Waals surface area contributed by atoms with E-state index in [9.17, 15) is 58.5 Å². The molecule has 19 N–H and O–H groups in total. The first kappa shape index (κ1) is 60.8. The summed E-state index contributed by atoms with van der Waals surface area (Å²) in [5, 5.41) is 47.6. The number of carboxylic acids is 1. The van der Waals surface area contributed by atoms with Gasteiger partial charge in [0, 0.05) is 31.3 Å². The monoisotopic (exact) mass is 1010 g/mol. The zero-order chi connectivity index (χ0) is 54.4. The van der Waals surface area contributed by atoms with E-state index < -0.39 is 120 Å². The molecule has 0 bridgehead atoms. The SMILES string of the molecule is CC(C)C[C@H](NC(=O)[C@H](Cc1ccc(O)cc1)NC(=O)[C@@H](N)Cc1cnc[nH]1)C(=O)N[C@@H](CC(N)=O)C(=O)N[C@@H](CC(C)C)C(=O)N[C@H](C(=O)N[C@H](C(=O)N[C@@H](CCCN=C(N)N)C(=O)O)[C@@H](C)O)C(C)C. The van der Waals surface area contributed by atoms with Crippen LogP contribution in [0.2, 0.25) is 0 Å². The van der Waals surface area contributed by atoms with Crippen LogP contribution in [0.1, 0.15) is 91.8 Å². The number of aromatic nitrogens is 2. The van der Waals surface area contributed by atoms with Gasteiger partial charge in [-0.05, 0) is 68.1 Å². The smallest absolute Gasteiger partial charge is 0.326 e. The number of amides is 8. The highest BCUT2D eigenvalue weighted by atomic mass is 16.4. The van der Waals surface area contributed by atoms with Gasteiger partial charge in [-0.2, -0.15) is 0 Å². The largest absolute Gasteiger partial charge is 0.508 e. The average molecular weight is 1020 g/mol. The summed E-state index contributed by atoms with van der Waals surface area (Å²) in [5.74, 6) is -10.1. The number of rotatable bonds is 31. The zero-order valence-electron chi connectivity index (χ0n) is 41.8. The van der Waals surface area contributed by atoms with Crippen LogP contribution in [0.5, 0.6) is 5.75 Å². The fourth-order valence-corrected chi connectivity index (χ4v) is 7.17. The maximum absolute atomic E-state index is 14.1. The highest BCUT2D eigenvalue weighted by Crippen LogP contribution is 2.15. The molecule has 9 atom stereocenters. The molecule has 0 aliphatic carbocycles. The standard InChI is InChI=1S/C46H74N14O12/c1-22(2)15-31(56-40(66)33(17-26-10-12-28(62)13-11-26)55-38(64)29(47)18-27-20-51-21-53-27)39(65)58-34(19-35(48)63)41(67)57-32(16-23(3)4)42(68)59-36(24(5)6)43(69)60-37(25(7)61)44(70)54-30(45(71)72)9-8-14-52-46(49)50/h10-13,20-25,29-34,36-37,61-62H,8-9,14-19,47H2,1-7H3,(H2,48,63)(H,51,53)(H,54,70)(H,55,64)(H,56,66)(H,57,67)(H,58,65)(H,59,68)(H,60,69)(H,71,72)(H4,49,50,52)/t25-,29+,30+,31+,32+,33+,34+,36+,37+/m1/s1. The fraction of sp³-hybridized carbons (Fsp3) is 0.587. The molecule has 26 nitrogen and oxygen atoms in total. The molecule has 0 saturated carbocycles. The molecule has 0 radical (unpaired) electrons. The van der Waals surface area contributed by atoms with Crippen molar-refractivity contribution in [2.24, 2.45) is 45.7 Å². The first-order chi connectivity index (χ1) is 33.7. The number of guanidine groups is 1. The zero-order valence-corrected chi connectivity index (χ0v) is 41.8. The van der Waals surface area contributed by atoms with Gasteiger partial charge in [0.25, 0.3) is 0 Å². The Morgan fingerprint density at radius 1 is 0.639 bits per heavy atom. The van der Waals surface area contributed by atoms with Crippen LogP contribution in [-0.4, -0.2) is 145 Å². The molecular weight excluding hydrogens is 941 g/mol. The van der Waals surface area contributed by atoms with Crippen molar-refractivity contribution < 1.29 is 58.5 Å². The molecule has 0 unspecified atom stereocenters. The number of aliphatic imine (C=N–C) groups is 1. The maximum atomic E-state index is 14.1. The summed E-state index contributed by atoms with van der Waals surface area (Å²) < 4.78 is 0. The third-order valence-corrected chi connectivity index (χ3v) is 10.9. The molecule has 1 heterocycles. The Bertz CT molecular complexity index is 2160. The molecule has 0 saturated heterocycles. The Labute approximate surface area is 417 Å². The molecule has 400 valence electrons. The number of aromatic hydroxyl groups is 1. The van der Waals surface area contributed by atoms with E-state index in [0.717, 1.165) is 0 Å². The van der Waals surface area contributed by atoms with Crippen molar-refractivity contribution in [3.8, 4) is 5.75 Å². The van der Waals surface area contributed by atoms with Crippen LogP contribution in [-0.2, 0) is 56.0 Å². The number of benzene rings is 1. The number of aliphatic hydroxyl groups excluding tert-OH is 1. The predicted octanol–water partition coefficient (Wildman–Crippen LogP) is -3.24. The number of nitrogens with zero attached hydrogens (tertiary/aromatic N) is 2. The predicted molar refractivity (Wildman–Crippen MR) is 262 cm³/mol. The number of carbonyl (C=O) groups excluding carboxylic acids is 8. The van der Waals surface area contributed by atoms with E-state index in [2.05, 4.69) is 52.2 Å². The average Bonchev–Trinajstić information content (AvgIpc) is 3.79. The third kappa shape index (κ3) is 21.7. The summed E-state index contributed by atoms with van der Waals surface area (Å²) in [6.07, 6.45) is 0.643. The van der Waals surface area contributed by atoms with Crippen molar-refractivity contribution in [1.29, 1.82) is 0 Å². The lowest BCUT2D eigenvalue weighted by atomic mass is 9.98. The molecule has 0 aliphatic heterocycles. The van der Waals surface area contributed by atoms with E-state index >= 15 is 0 Å². The Balaban J connectivity index is 2.34. The van der Waals surface area contributed by atoms with E-state index in [-0.39, 0.29) is 68.6 Å². The van der Waals surface area contributed by atoms with Gasteiger partial charge in [-0.25, -0.2) is 9.78 Å². The van der Waals surface area contributed by atoms with Gasteiger partial charge in [-0.1, -0.05) is 53.7 Å². The van der Waals surface area contributed by atoms with Crippen molar-refractivity contribution in [2.45, 2.75) is 148 Å². The summed E-state index contributed by atoms with van der Waals surface area (Å²) in [5.41, 5.74) is 23.4. The van der Waals surface area contributed by atoms with Crippen molar-refractivity contribution >= 4 is 59.2 Å². The summed E-state index contributed by atoms with van der Waals surface area (Å²) in [6.45, 7) is 11.4. The van der Waals surface area contributed by atoms with Crippen molar-refractivity contribution in [3.05, 3.63) is 48.0 Å². The summed E-state index contributed by atoms with van der Waals surface area (Å²) in [4.78, 5) is 131. The third-order valence-electron chi connectivity index (χ3n) is 10.9. The number of carbonyl (C=O) groups is 9. The van der Waals surface area contributed by atoms with Gasteiger partial charge in [-0.15, -0.1) is 0 Å². The van der Waals surface area contributed by atoms with Crippen LogP contribution in [0.4, 0.5) is 0 Å². The molecule has 1 aromatic carbocycles. The van der Waals surface area contributed by atoms with E-state index in [1.54, 1.807) is 53.7 Å². The molecule has 2 aromatic rings. The van der Waals surface area contributed by atoms with E-state index in [0.29, 0.717) is 11.3 Å². The number of aromatic amines is 1. The van der Waals surface area contributed by atoms with Crippen LogP contribution in [0, 0.1) is 17.8 Å². The Morgan fingerprint density at radius 2 is 1.12 bits per heavy atom. The van der Waals surface area contributed by atoms with E-state index in [4.69, 9.17) is 22.9 Å². The van der Waals surface area contributed by atoms with Crippen LogP contribution in [0.25, 0.3) is 0 Å². The number of primary amides is 1. The number of hydrogen-bond acceptors (Lipinski definition) is 14. The second kappa shape index (κ2) is 29.7. The highest BCUT2D eigenvalue weighted by Gasteiger charge is 2.37. The lowest BCUT2D eigenvalue weighted by molar-refractivity contribution is -0.143. The molecular formula is C46H74N14O12. The van der Waals surface area contributed by atoms with Gasteiger partial charge in [-0.3, -0.25) is 43.3 Å². The lowest BCUT2D eigenvalue weighted by Crippen LogP contribution is -2.62. The van der Waals surface area contributed by atoms with Gasteiger partial charge in [0.05, 0.1) is 24.9 Å². The Hall–Kier alpha value is -7.35. The maximum Gasteiger partial charge on any atom is 0.326 e. The van der Waals surface area contributed by atoms with Gasteiger partial charge >= 0.3 is 5.97 Å². The highest BCUT2D eigenvalue weighted by molar-refractivity contribution is 5.99. The van der Waals surface area contributed by atoms with Crippen LogP contribution in [0.15, 0.2) is 41.8 Å². The first-order valence-corrected chi connectivity index (χ1v) is 23.6. The summed E-state index contributed by atoms with van der Waals surface area (Å²) in [7, 11) is 0. The van der Waals surface area contributed by atoms with Crippen LogP contribution >= 0.6 is 0 Å². The number of aliphatic carboxylic acids is 1. The molecule has 26 heteroatoms. The number of phenolic OH excluding ortho intramolecular Hbond substituents is 1. The minimum Gasteiger partial charge on any atom is -0.508 e. The number of nitrogens with two attached hydrogens (primary N) is 4. The number of carboxylic acid groups (broad SMARTS) is 1. The summed E-state index contributed by atoms with van der Waals surface area (Å²) >= 11 is 0.